The summed E-state index contributed by atoms with van der Waals surface area (Å²) in [5.41, 5.74) is 9.52. The molecule has 4 nitrogen and oxygen atoms in total. The number of ether oxygens (including phenoxy) is 1. The van der Waals surface area contributed by atoms with Crippen LogP contribution in [0.2, 0.25) is 19.6 Å². The quantitative estimate of drug-likeness (QED) is 0.143. The van der Waals surface area contributed by atoms with Crippen LogP contribution in [0, 0.1) is 17.8 Å². The first-order valence-electron chi connectivity index (χ1n) is 16.8. The van der Waals surface area contributed by atoms with Gasteiger partial charge in [0.2, 0.25) is 11.7 Å². The van der Waals surface area contributed by atoms with Crippen LogP contribution >= 0.6 is 0 Å². The van der Waals surface area contributed by atoms with Gasteiger partial charge in [-0.15, -0.1) is 0 Å². The van der Waals surface area contributed by atoms with Crippen LogP contribution in [0.1, 0.15) is 75.5 Å². The lowest BCUT2D eigenvalue weighted by Crippen LogP contribution is -2.54. The molecule has 6 atom stereocenters. The molecular weight excluding hydrogens is 555 g/mol. The lowest BCUT2D eigenvalue weighted by Gasteiger charge is -2.33. The van der Waals surface area contributed by atoms with E-state index >= 15 is 0 Å². The standard InChI is InChI=1S/C39H52N3OSi/c1-10-35-38(26(4)43-27(5)40-6)24(2)15-18-34-32-13-11-12-14-33(32)36-22-31(21-30-20-28-16-17-29(30)19-28)37(44(7,8)9)23-42(36)39(34)25(3)41-35/h10-14,22-23,27-30,34,39-40H,1,3-4,15-21H2,2,5-9H3/q+1/b38-24?,41-35-. The number of hydrogen-bond donors (Lipinski definition) is 1. The zero-order valence-corrected chi connectivity index (χ0v) is 28.9. The van der Waals surface area contributed by atoms with Crippen LogP contribution in [0.15, 0.2) is 89.9 Å². The molecule has 0 amide bonds. The summed E-state index contributed by atoms with van der Waals surface area (Å²) in [5, 5.41) is 4.76. The van der Waals surface area contributed by atoms with E-state index in [1.807, 2.05) is 20.0 Å². The third-order valence-electron chi connectivity index (χ3n) is 11.0. The van der Waals surface area contributed by atoms with Gasteiger partial charge in [-0.05, 0) is 100 Å². The Bertz CT molecular complexity index is 1560. The van der Waals surface area contributed by atoms with Gasteiger partial charge in [-0.3, -0.25) is 5.32 Å². The minimum absolute atomic E-state index is 0.0269. The molecule has 2 aliphatic heterocycles. The highest BCUT2D eigenvalue weighted by atomic mass is 28.3. The Hall–Kier alpha value is -3.02. The molecule has 1 aromatic heterocycles. The van der Waals surface area contributed by atoms with Gasteiger partial charge in [-0.1, -0.05) is 69.6 Å². The van der Waals surface area contributed by atoms with E-state index in [4.69, 9.17) is 9.73 Å². The van der Waals surface area contributed by atoms with E-state index in [2.05, 4.69) is 92.7 Å². The Balaban J connectivity index is 1.49. The summed E-state index contributed by atoms with van der Waals surface area (Å²) in [7, 11) is 0.236. The minimum atomic E-state index is -1.65. The molecule has 232 valence electrons. The number of aromatic nitrogens is 1. The molecule has 44 heavy (non-hydrogen) atoms. The Morgan fingerprint density at radius 1 is 1.18 bits per heavy atom. The molecule has 2 saturated carbocycles. The molecule has 0 spiro atoms. The van der Waals surface area contributed by atoms with E-state index in [-0.39, 0.29) is 18.2 Å². The fourth-order valence-corrected chi connectivity index (χ4v) is 10.4. The third-order valence-corrected chi connectivity index (χ3v) is 13.1. The number of nitrogens with zero attached hydrogens (tertiary/aromatic N) is 2. The van der Waals surface area contributed by atoms with Crippen molar-refractivity contribution in [3.8, 4) is 11.3 Å². The van der Waals surface area contributed by atoms with E-state index in [0.717, 1.165) is 47.6 Å². The van der Waals surface area contributed by atoms with Crippen molar-refractivity contribution >= 4 is 19.0 Å². The molecule has 2 fully saturated rings. The molecule has 1 aromatic carbocycles. The van der Waals surface area contributed by atoms with E-state index in [9.17, 15) is 0 Å². The molecule has 1 N–H and O–H groups in total. The third kappa shape index (κ3) is 5.62. The smallest absolute Gasteiger partial charge is 0.213 e. The molecule has 2 aromatic rings. The molecule has 2 bridgehead atoms. The summed E-state index contributed by atoms with van der Waals surface area (Å²) in [6.07, 6.45) is 13.1. The maximum atomic E-state index is 6.16. The van der Waals surface area contributed by atoms with Crippen LogP contribution in [-0.4, -0.2) is 27.1 Å². The van der Waals surface area contributed by atoms with Crippen LogP contribution in [0.4, 0.5) is 0 Å². The number of pyridine rings is 1. The Labute approximate surface area is 266 Å². The Morgan fingerprint density at radius 2 is 1.95 bits per heavy atom. The van der Waals surface area contributed by atoms with E-state index < -0.39 is 8.07 Å². The first kappa shape index (κ1) is 31.0. The summed E-state index contributed by atoms with van der Waals surface area (Å²) in [5.74, 6) is 3.62. The Morgan fingerprint density at radius 3 is 2.61 bits per heavy atom. The van der Waals surface area contributed by atoms with E-state index in [0.29, 0.717) is 5.76 Å². The van der Waals surface area contributed by atoms with E-state index in [1.165, 1.54) is 54.5 Å². The predicted octanol–water partition coefficient (Wildman–Crippen LogP) is 8.15. The molecule has 4 aliphatic rings. The summed E-state index contributed by atoms with van der Waals surface area (Å²) < 4.78 is 8.72. The fourth-order valence-electron chi connectivity index (χ4n) is 8.78. The lowest BCUT2D eigenvalue weighted by atomic mass is 9.78. The first-order valence-corrected chi connectivity index (χ1v) is 20.3. The molecule has 6 unspecified atom stereocenters. The summed E-state index contributed by atoms with van der Waals surface area (Å²) >= 11 is 0. The van der Waals surface area contributed by atoms with Gasteiger partial charge < -0.3 is 4.74 Å². The van der Waals surface area contributed by atoms with Crippen molar-refractivity contribution in [3.63, 3.8) is 0 Å². The SMILES string of the molecule is C=C/C1=N/C(=C)C2C(CCC(C)=C1C(=C)OC(C)NC)c1ccccc1-c1cc(CC3CC4CCC3C4)c([Si](C)(C)C)c[n+]12. The van der Waals surface area contributed by atoms with Crippen molar-refractivity contribution in [2.45, 2.75) is 96.6 Å². The number of fused-ring (bicyclic) bond motifs is 8. The van der Waals surface area contributed by atoms with E-state index in [1.54, 1.807) is 10.8 Å². The molecule has 6 rings (SSSR count). The van der Waals surface area contributed by atoms with Gasteiger partial charge in [0, 0.05) is 22.4 Å². The van der Waals surface area contributed by atoms with Crippen LogP contribution in [-0.2, 0) is 11.2 Å². The van der Waals surface area contributed by atoms with Crippen molar-refractivity contribution in [3.05, 3.63) is 96.1 Å². The molecule has 3 heterocycles. The minimum Gasteiger partial charge on any atom is -0.476 e. The monoisotopic (exact) mass is 606 g/mol. The van der Waals surface area contributed by atoms with Gasteiger partial charge in [0.05, 0.1) is 19.7 Å². The van der Waals surface area contributed by atoms with Crippen LogP contribution in [0.3, 0.4) is 0 Å². The number of nitrogens with one attached hydrogen (secondary N) is 1. The highest BCUT2D eigenvalue weighted by Gasteiger charge is 2.45. The molecule has 0 saturated heterocycles. The van der Waals surface area contributed by atoms with Gasteiger partial charge >= 0.3 is 0 Å². The summed E-state index contributed by atoms with van der Waals surface area (Å²) in [6.45, 7) is 24.9. The molecule has 0 radical (unpaired) electrons. The Kier molecular flexibility index (Phi) is 8.49. The van der Waals surface area contributed by atoms with Crippen LogP contribution in [0.25, 0.3) is 11.3 Å². The van der Waals surface area contributed by atoms with Gasteiger partial charge in [0.25, 0.3) is 0 Å². The van der Waals surface area contributed by atoms with Crippen molar-refractivity contribution < 1.29 is 9.30 Å². The van der Waals surface area contributed by atoms with Gasteiger partial charge in [-0.25, -0.2) is 4.99 Å². The molecule has 2 aliphatic carbocycles. The van der Waals surface area contributed by atoms with Crippen LogP contribution in [0.5, 0.6) is 0 Å². The number of aliphatic imine (C=N–C) groups is 1. The highest BCUT2D eigenvalue weighted by molar-refractivity contribution is 6.89. The largest absolute Gasteiger partial charge is 0.476 e. The van der Waals surface area contributed by atoms with Gasteiger partial charge in [0.15, 0.2) is 6.20 Å². The number of allylic oxidation sites excluding steroid dienone is 4. The highest BCUT2D eigenvalue weighted by Crippen LogP contribution is 2.50. The topological polar surface area (TPSA) is 37.5 Å². The second-order valence-corrected chi connectivity index (χ2v) is 19.9. The first-order chi connectivity index (χ1) is 21.0. The molecule has 5 heteroatoms. The summed E-state index contributed by atoms with van der Waals surface area (Å²) in [4.78, 5) is 5.26. The zero-order chi connectivity index (χ0) is 31.3. The van der Waals surface area contributed by atoms with Crippen molar-refractivity contribution in [2.75, 3.05) is 7.05 Å². The van der Waals surface area contributed by atoms with Crippen molar-refractivity contribution in [1.82, 2.24) is 5.32 Å². The van der Waals surface area contributed by atoms with Gasteiger partial charge in [0.1, 0.15) is 17.7 Å². The second-order valence-electron chi connectivity index (χ2n) is 14.9. The second kappa shape index (κ2) is 12.1. The maximum Gasteiger partial charge on any atom is 0.213 e. The number of benzene rings is 1. The fraction of sp³-hybridized carbons (Fsp3) is 0.487. The average molecular weight is 607 g/mol. The number of rotatable bonds is 8. The lowest BCUT2D eigenvalue weighted by molar-refractivity contribution is -0.708. The van der Waals surface area contributed by atoms with Crippen molar-refractivity contribution in [1.29, 1.82) is 0 Å². The van der Waals surface area contributed by atoms with Gasteiger partial charge in [-0.2, -0.15) is 4.57 Å². The number of hydrogen-bond acceptors (Lipinski definition) is 3. The normalized spacial score (nSPS) is 28.1. The zero-order valence-electron chi connectivity index (χ0n) is 27.9. The van der Waals surface area contributed by atoms with Crippen molar-refractivity contribution in [2.24, 2.45) is 22.7 Å². The molecular formula is C39H52N3OSi+. The maximum absolute atomic E-state index is 6.16. The predicted molar refractivity (Wildman–Crippen MR) is 187 cm³/mol. The summed E-state index contributed by atoms with van der Waals surface area (Å²) in [6, 6.07) is 11.7. The van der Waals surface area contributed by atoms with Crippen LogP contribution < -0.4 is 15.1 Å². The average Bonchev–Trinajstić information content (AvgIpc) is 3.62.